The fourth-order valence-electron chi connectivity index (χ4n) is 3.12. The van der Waals surface area contributed by atoms with Crippen molar-refractivity contribution in [3.63, 3.8) is 0 Å². The van der Waals surface area contributed by atoms with Crippen LogP contribution in [0.15, 0.2) is 12.1 Å². The molecule has 1 amide bonds. The first-order valence-corrected chi connectivity index (χ1v) is 12.2. The summed E-state index contributed by atoms with van der Waals surface area (Å²) in [5.74, 6) is -0.278. The molecule has 0 bridgehead atoms. The highest BCUT2D eigenvalue weighted by Crippen LogP contribution is 2.32. The van der Waals surface area contributed by atoms with Crippen LogP contribution in [0, 0.1) is 13.8 Å². The monoisotopic (exact) mass is 440 g/mol. The molecule has 2 aromatic rings. The molecule has 0 aliphatic carbocycles. The Kier molecular flexibility index (Phi) is 6.90. The molecule has 8 nitrogen and oxygen atoms in total. The van der Waals surface area contributed by atoms with E-state index in [-0.39, 0.29) is 12.5 Å². The van der Waals surface area contributed by atoms with Crippen molar-refractivity contribution in [2.45, 2.75) is 13.8 Å². The van der Waals surface area contributed by atoms with Crippen LogP contribution < -0.4 is 4.90 Å². The second-order valence-corrected chi connectivity index (χ2v) is 10.5. The highest BCUT2D eigenvalue weighted by atomic mass is 32.2. The van der Waals surface area contributed by atoms with Crippen molar-refractivity contribution in [3.05, 3.63) is 23.3 Å². The first kappa shape index (κ1) is 22.1. The lowest BCUT2D eigenvalue weighted by Crippen LogP contribution is -2.46. The molecule has 1 aromatic carbocycles. The van der Waals surface area contributed by atoms with Crippen LogP contribution in [0.1, 0.15) is 11.1 Å². The van der Waals surface area contributed by atoms with Gasteiger partial charge in [0.25, 0.3) is 0 Å². The molecule has 1 aliphatic heterocycles. The summed E-state index contributed by atoms with van der Waals surface area (Å²) in [5, 5.41) is 0.605. The fraction of sp³-hybridized carbons (Fsp3) is 0.579. The maximum atomic E-state index is 13.0. The van der Waals surface area contributed by atoms with E-state index in [9.17, 15) is 13.2 Å². The lowest BCUT2D eigenvalue weighted by molar-refractivity contribution is -0.118. The Bertz CT molecular complexity index is 984. The van der Waals surface area contributed by atoms with Gasteiger partial charge in [0.2, 0.25) is 15.9 Å². The number of morpholine rings is 1. The topological polar surface area (TPSA) is 83.0 Å². The number of ether oxygens (including phenoxy) is 1. The summed E-state index contributed by atoms with van der Waals surface area (Å²) < 4.78 is 31.0. The standard InChI is InChI=1S/C19H28N4O4S2/c1-14-5-6-16-18(15(14)2)20-19(28-16)23(8-7-22-9-11-27-12-10-22)17(24)13-21(3)29(4,25)26/h5-6H,7-13H2,1-4H3. The second kappa shape index (κ2) is 9.05. The Morgan fingerprint density at radius 2 is 1.97 bits per heavy atom. The molecule has 2 heterocycles. The molecule has 0 N–H and O–H groups in total. The number of carbonyl (C=O) groups is 1. The van der Waals surface area contributed by atoms with Crippen molar-refractivity contribution in [1.29, 1.82) is 0 Å². The smallest absolute Gasteiger partial charge is 0.244 e. The maximum Gasteiger partial charge on any atom is 0.244 e. The van der Waals surface area contributed by atoms with Gasteiger partial charge in [-0.1, -0.05) is 17.4 Å². The van der Waals surface area contributed by atoms with Gasteiger partial charge in [0.1, 0.15) is 0 Å². The summed E-state index contributed by atoms with van der Waals surface area (Å²) >= 11 is 1.46. The summed E-state index contributed by atoms with van der Waals surface area (Å²) in [5.41, 5.74) is 3.14. The van der Waals surface area contributed by atoms with Crippen molar-refractivity contribution in [2.75, 3.05) is 64.1 Å². The van der Waals surface area contributed by atoms with Gasteiger partial charge in [0.15, 0.2) is 5.13 Å². The van der Waals surface area contributed by atoms with E-state index in [1.54, 1.807) is 4.90 Å². The minimum Gasteiger partial charge on any atom is -0.379 e. The summed E-state index contributed by atoms with van der Waals surface area (Å²) in [6.07, 6.45) is 1.10. The minimum atomic E-state index is -3.44. The summed E-state index contributed by atoms with van der Waals surface area (Å²) in [6, 6.07) is 4.07. The number of hydrogen-bond acceptors (Lipinski definition) is 7. The number of likely N-dealkylation sites (N-methyl/N-ethyl adjacent to an activating group) is 1. The summed E-state index contributed by atoms with van der Waals surface area (Å²) in [4.78, 5) is 21.7. The van der Waals surface area contributed by atoms with Gasteiger partial charge in [-0.25, -0.2) is 13.4 Å². The summed E-state index contributed by atoms with van der Waals surface area (Å²) in [7, 11) is -2.03. The number of amides is 1. The van der Waals surface area contributed by atoms with E-state index in [1.807, 2.05) is 19.9 Å². The largest absolute Gasteiger partial charge is 0.379 e. The van der Waals surface area contributed by atoms with Gasteiger partial charge >= 0.3 is 0 Å². The molecule has 3 rings (SSSR count). The number of fused-ring (bicyclic) bond motifs is 1. The lowest BCUT2D eigenvalue weighted by atomic mass is 10.1. The number of carbonyl (C=O) groups excluding carboxylic acids is 1. The van der Waals surface area contributed by atoms with Crippen LogP contribution in [0.3, 0.4) is 0 Å². The normalized spacial score (nSPS) is 15.9. The molecule has 29 heavy (non-hydrogen) atoms. The molecular formula is C19H28N4O4S2. The van der Waals surface area contributed by atoms with Crippen molar-refractivity contribution in [1.82, 2.24) is 14.2 Å². The van der Waals surface area contributed by atoms with Crippen LogP contribution in [-0.4, -0.2) is 87.8 Å². The van der Waals surface area contributed by atoms with E-state index in [1.165, 1.54) is 18.4 Å². The van der Waals surface area contributed by atoms with Crippen LogP contribution in [-0.2, 0) is 19.6 Å². The molecule has 0 saturated carbocycles. The lowest BCUT2D eigenvalue weighted by Gasteiger charge is -2.29. The Labute approximate surface area is 176 Å². The molecule has 0 spiro atoms. The third kappa shape index (κ3) is 5.32. The molecular weight excluding hydrogens is 412 g/mol. The number of nitrogens with zero attached hydrogens (tertiary/aromatic N) is 4. The van der Waals surface area contributed by atoms with E-state index in [0.717, 1.165) is 45.0 Å². The number of aryl methyl sites for hydroxylation is 2. The van der Waals surface area contributed by atoms with Gasteiger partial charge < -0.3 is 4.74 Å². The molecule has 160 valence electrons. The van der Waals surface area contributed by atoms with Crippen LogP contribution in [0.25, 0.3) is 10.2 Å². The van der Waals surface area contributed by atoms with Gasteiger partial charge in [-0.05, 0) is 31.0 Å². The predicted octanol–water partition coefficient (Wildman–Crippen LogP) is 1.47. The average Bonchev–Trinajstić information content (AvgIpc) is 3.09. The van der Waals surface area contributed by atoms with Crippen LogP contribution in [0.2, 0.25) is 0 Å². The molecule has 0 atom stereocenters. The SMILES string of the molecule is Cc1ccc2sc(N(CCN3CCOCC3)C(=O)CN(C)S(C)(=O)=O)nc2c1C. The summed E-state index contributed by atoms with van der Waals surface area (Å²) in [6.45, 7) is 8.01. The van der Waals surface area contributed by atoms with E-state index >= 15 is 0 Å². The Hall–Kier alpha value is -1.59. The molecule has 1 aromatic heterocycles. The van der Waals surface area contributed by atoms with Crippen molar-refractivity contribution >= 4 is 42.6 Å². The van der Waals surface area contributed by atoms with Crippen LogP contribution in [0.5, 0.6) is 0 Å². The number of aromatic nitrogens is 1. The molecule has 10 heteroatoms. The number of hydrogen-bond donors (Lipinski definition) is 0. The average molecular weight is 441 g/mol. The van der Waals surface area contributed by atoms with Crippen molar-refractivity contribution < 1.29 is 17.9 Å². The number of sulfonamides is 1. The fourth-order valence-corrected chi connectivity index (χ4v) is 4.53. The third-order valence-corrected chi connectivity index (χ3v) is 7.58. The number of anilines is 1. The predicted molar refractivity (Wildman–Crippen MR) is 116 cm³/mol. The highest BCUT2D eigenvalue weighted by Gasteiger charge is 2.25. The Morgan fingerprint density at radius 3 is 2.62 bits per heavy atom. The molecule has 1 saturated heterocycles. The van der Waals surface area contributed by atoms with Crippen LogP contribution in [0.4, 0.5) is 5.13 Å². The van der Waals surface area contributed by atoms with Gasteiger partial charge in [0.05, 0.1) is 36.2 Å². The maximum absolute atomic E-state index is 13.0. The first-order chi connectivity index (χ1) is 13.7. The zero-order valence-electron chi connectivity index (χ0n) is 17.3. The van der Waals surface area contributed by atoms with E-state index in [2.05, 4.69) is 11.0 Å². The Morgan fingerprint density at radius 1 is 1.28 bits per heavy atom. The molecule has 1 fully saturated rings. The zero-order valence-corrected chi connectivity index (χ0v) is 19.0. The minimum absolute atomic E-state index is 0.212. The van der Waals surface area contributed by atoms with E-state index < -0.39 is 10.0 Å². The van der Waals surface area contributed by atoms with Gasteiger partial charge in [-0.3, -0.25) is 14.6 Å². The molecule has 0 radical (unpaired) electrons. The van der Waals surface area contributed by atoms with Crippen LogP contribution >= 0.6 is 11.3 Å². The quantitative estimate of drug-likeness (QED) is 0.648. The van der Waals surface area contributed by atoms with Gasteiger partial charge in [-0.2, -0.15) is 4.31 Å². The van der Waals surface area contributed by atoms with Gasteiger partial charge in [-0.15, -0.1) is 0 Å². The number of rotatable bonds is 7. The first-order valence-electron chi connectivity index (χ1n) is 9.55. The third-order valence-electron chi connectivity index (χ3n) is 5.27. The van der Waals surface area contributed by atoms with E-state index in [0.29, 0.717) is 31.4 Å². The Balaban J connectivity index is 1.87. The van der Waals surface area contributed by atoms with E-state index in [4.69, 9.17) is 9.72 Å². The van der Waals surface area contributed by atoms with Crippen molar-refractivity contribution in [2.24, 2.45) is 0 Å². The molecule has 0 unspecified atom stereocenters. The molecule has 1 aliphatic rings. The number of benzene rings is 1. The van der Waals surface area contributed by atoms with Gasteiger partial charge in [0, 0.05) is 33.2 Å². The van der Waals surface area contributed by atoms with Crippen molar-refractivity contribution in [3.8, 4) is 0 Å². The highest BCUT2D eigenvalue weighted by molar-refractivity contribution is 7.88. The zero-order chi connectivity index (χ0) is 21.2. The number of thiazole rings is 1. The second-order valence-electron chi connectivity index (χ2n) is 7.37.